The molecule has 8 nitrogen and oxygen atoms in total. The zero-order chi connectivity index (χ0) is 47.3. The molecular weight excluding hydrogens is 874 g/mol. The Balaban J connectivity index is 0.911. The van der Waals surface area contributed by atoms with Crippen molar-refractivity contribution in [3.63, 3.8) is 0 Å². The summed E-state index contributed by atoms with van der Waals surface area (Å²) in [7, 11) is 0. The normalized spacial score (nSPS) is 10.9. The zero-order valence-corrected chi connectivity index (χ0v) is 37.7. The number of hydrogen-bond donors (Lipinski definition) is 0. The fourth-order valence-electron chi connectivity index (χ4n) is 7.21. The number of rotatable bonds is 18. The summed E-state index contributed by atoms with van der Waals surface area (Å²) < 4.78 is 51.7. The second-order valence-electron chi connectivity index (χ2n) is 15.9. The van der Waals surface area contributed by atoms with Gasteiger partial charge in [-0.15, -0.1) is 0 Å². The Morgan fingerprint density at radius 3 is 1.07 bits per heavy atom. The van der Waals surface area contributed by atoms with Gasteiger partial charge in [0.1, 0.15) is 11.5 Å². The lowest BCUT2D eigenvalue weighted by Crippen LogP contribution is -2.13. The summed E-state index contributed by atoms with van der Waals surface area (Å²) in [6, 6.07) is 40.2. The Kier molecular flexibility index (Phi) is 16.1. The molecule has 0 unspecified atom stereocenters. The van der Waals surface area contributed by atoms with E-state index in [9.17, 15) is 19.2 Å². The molecule has 0 spiro atoms. The average molecular weight is 921 g/mol. The van der Waals surface area contributed by atoms with Gasteiger partial charge in [0.05, 0.1) is 22.3 Å². The summed E-state index contributed by atoms with van der Waals surface area (Å²) in [6.45, 7) is 4.35. The molecule has 7 aromatic rings. The van der Waals surface area contributed by atoms with Crippen LogP contribution in [0, 0.1) is 11.6 Å². The van der Waals surface area contributed by atoms with E-state index in [-0.39, 0.29) is 38.8 Å². The third kappa shape index (κ3) is 12.9. The number of aryl methyl sites for hydroxylation is 2. The molecule has 0 aliphatic rings. The molecule has 67 heavy (non-hydrogen) atoms. The Labute approximate surface area is 393 Å². The number of carbonyl (C=O) groups is 4. The standard InChI is InChI=1S/C56H47ClF2O8/c1-3-5-7-9-36-11-15-38(16-12-36)40-19-23-42(24-20-40)53(60)66-51-29-27-44(31-49(51)58)55(62)64-47-33-46(57)34-48(35-47)65-56(63)45-28-30-52(50(59)32-45)67-54(61)43-25-21-41(22-26-43)39-17-13-37(14-18-39)10-8-6-4-2/h11-35H,3-10H2,1-2H3. The Morgan fingerprint density at radius 1 is 0.403 bits per heavy atom. The van der Waals surface area contributed by atoms with Crippen molar-refractivity contribution in [3.8, 4) is 45.3 Å². The minimum Gasteiger partial charge on any atom is -0.423 e. The molecule has 0 aliphatic carbocycles. The van der Waals surface area contributed by atoms with Crippen molar-refractivity contribution in [2.75, 3.05) is 0 Å². The summed E-state index contributed by atoms with van der Waals surface area (Å²) in [5.41, 5.74) is 6.32. The zero-order valence-electron chi connectivity index (χ0n) is 37.0. The van der Waals surface area contributed by atoms with E-state index in [1.165, 1.54) is 67.1 Å². The van der Waals surface area contributed by atoms with Gasteiger partial charge in [-0.05, 0) is 132 Å². The van der Waals surface area contributed by atoms with E-state index in [1.54, 1.807) is 48.5 Å². The molecule has 0 saturated heterocycles. The molecule has 340 valence electrons. The van der Waals surface area contributed by atoms with Gasteiger partial charge in [0, 0.05) is 11.1 Å². The second kappa shape index (κ2) is 22.7. The van der Waals surface area contributed by atoms with Crippen molar-refractivity contribution >= 4 is 35.5 Å². The molecule has 0 N–H and O–H groups in total. The number of halogens is 3. The van der Waals surface area contributed by atoms with E-state index >= 15 is 8.78 Å². The maximum atomic E-state index is 15.2. The largest absolute Gasteiger partial charge is 0.423 e. The smallest absolute Gasteiger partial charge is 0.343 e. The van der Waals surface area contributed by atoms with Gasteiger partial charge in [0.25, 0.3) is 0 Å². The summed E-state index contributed by atoms with van der Waals surface area (Å²) in [5, 5.41) is 0.0162. The molecule has 0 aromatic heterocycles. The van der Waals surface area contributed by atoms with E-state index in [4.69, 9.17) is 30.5 Å². The summed E-state index contributed by atoms with van der Waals surface area (Å²) in [6.07, 6.45) is 9.06. The van der Waals surface area contributed by atoms with E-state index in [2.05, 4.69) is 38.1 Å². The lowest BCUT2D eigenvalue weighted by molar-refractivity contribution is 0.0716. The Hall–Kier alpha value is -7.43. The highest BCUT2D eigenvalue weighted by Gasteiger charge is 2.20. The highest BCUT2D eigenvalue weighted by molar-refractivity contribution is 6.31. The molecule has 0 saturated carbocycles. The van der Waals surface area contributed by atoms with Crippen LogP contribution in [0.25, 0.3) is 22.3 Å². The van der Waals surface area contributed by atoms with Crippen molar-refractivity contribution in [1.82, 2.24) is 0 Å². The first-order valence-electron chi connectivity index (χ1n) is 22.1. The third-order valence-corrected chi connectivity index (χ3v) is 11.2. The van der Waals surface area contributed by atoms with Crippen LogP contribution in [0.4, 0.5) is 8.78 Å². The maximum Gasteiger partial charge on any atom is 0.343 e. The van der Waals surface area contributed by atoms with Crippen LogP contribution in [0.2, 0.25) is 5.02 Å². The molecule has 0 radical (unpaired) electrons. The number of esters is 4. The molecule has 0 fully saturated rings. The van der Waals surface area contributed by atoms with Crippen LogP contribution in [0.1, 0.15) is 105 Å². The SMILES string of the molecule is CCCCCc1ccc(-c2ccc(C(=O)Oc3ccc(C(=O)Oc4cc(Cl)cc(OC(=O)c5ccc(OC(=O)c6ccc(-c7ccc(CCCCC)cc7)cc6)c(F)c5)c4)cc3F)cc2)cc1. The lowest BCUT2D eigenvalue weighted by atomic mass is 10.0. The number of benzene rings is 7. The van der Waals surface area contributed by atoms with Crippen LogP contribution in [-0.4, -0.2) is 23.9 Å². The number of ether oxygens (including phenoxy) is 4. The van der Waals surface area contributed by atoms with Crippen LogP contribution >= 0.6 is 11.6 Å². The fourth-order valence-corrected chi connectivity index (χ4v) is 7.42. The number of hydrogen-bond acceptors (Lipinski definition) is 8. The fraction of sp³-hybridized carbons (Fsp3) is 0.179. The van der Waals surface area contributed by atoms with Crippen LogP contribution < -0.4 is 18.9 Å². The predicted molar refractivity (Wildman–Crippen MR) is 254 cm³/mol. The molecule has 0 atom stereocenters. The minimum absolute atomic E-state index is 0.0162. The van der Waals surface area contributed by atoms with Gasteiger partial charge in [-0.25, -0.2) is 28.0 Å². The summed E-state index contributed by atoms with van der Waals surface area (Å²) in [5.74, 6) is -6.65. The van der Waals surface area contributed by atoms with Crippen molar-refractivity contribution < 1.29 is 46.9 Å². The van der Waals surface area contributed by atoms with Crippen molar-refractivity contribution in [2.45, 2.75) is 65.2 Å². The Morgan fingerprint density at radius 2 is 0.731 bits per heavy atom. The van der Waals surface area contributed by atoms with Gasteiger partial charge in [-0.3, -0.25) is 0 Å². The van der Waals surface area contributed by atoms with Crippen molar-refractivity contribution in [2.24, 2.45) is 0 Å². The van der Waals surface area contributed by atoms with Crippen molar-refractivity contribution in [1.29, 1.82) is 0 Å². The highest BCUT2D eigenvalue weighted by atomic mass is 35.5. The molecule has 0 bridgehead atoms. The number of unbranched alkanes of at least 4 members (excludes halogenated alkanes) is 4. The lowest BCUT2D eigenvalue weighted by Gasteiger charge is -2.11. The van der Waals surface area contributed by atoms with E-state index in [0.717, 1.165) is 72.2 Å². The van der Waals surface area contributed by atoms with Gasteiger partial charge >= 0.3 is 23.9 Å². The number of carbonyl (C=O) groups excluding carboxylic acids is 4. The topological polar surface area (TPSA) is 105 Å². The predicted octanol–water partition coefficient (Wildman–Crippen LogP) is 14.3. The highest BCUT2D eigenvalue weighted by Crippen LogP contribution is 2.30. The quantitative estimate of drug-likeness (QED) is 0.0476. The maximum absolute atomic E-state index is 15.2. The molecule has 0 heterocycles. The van der Waals surface area contributed by atoms with E-state index < -0.39 is 47.0 Å². The van der Waals surface area contributed by atoms with Crippen LogP contribution in [0.3, 0.4) is 0 Å². The minimum atomic E-state index is -0.994. The van der Waals surface area contributed by atoms with Crippen molar-refractivity contribution in [3.05, 3.63) is 202 Å². The van der Waals surface area contributed by atoms with E-state index in [0.29, 0.717) is 0 Å². The first kappa shape index (κ1) is 47.5. The summed E-state index contributed by atoms with van der Waals surface area (Å²) in [4.78, 5) is 51.9. The molecule has 11 heteroatoms. The first-order valence-corrected chi connectivity index (χ1v) is 22.5. The Bertz CT molecular complexity index is 2670. The molecular formula is C56H47ClF2O8. The first-order chi connectivity index (χ1) is 32.5. The van der Waals surface area contributed by atoms with Gasteiger partial charge in [-0.1, -0.05) is 124 Å². The monoisotopic (exact) mass is 920 g/mol. The van der Waals surface area contributed by atoms with Crippen LogP contribution in [0.15, 0.2) is 152 Å². The van der Waals surface area contributed by atoms with Gasteiger partial charge in [0.15, 0.2) is 23.1 Å². The average Bonchev–Trinajstić information content (AvgIpc) is 3.33. The second-order valence-corrected chi connectivity index (χ2v) is 16.4. The third-order valence-electron chi connectivity index (χ3n) is 11.0. The van der Waals surface area contributed by atoms with Gasteiger partial charge < -0.3 is 18.9 Å². The van der Waals surface area contributed by atoms with Gasteiger partial charge in [-0.2, -0.15) is 0 Å². The van der Waals surface area contributed by atoms with Gasteiger partial charge in [0.2, 0.25) is 0 Å². The van der Waals surface area contributed by atoms with Crippen LogP contribution in [-0.2, 0) is 12.8 Å². The van der Waals surface area contributed by atoms with Crippen LogP contribution in [0.5, 0.6) is 23.0 Å². The molecule has 7 aromatic carbocycles. The van der Waals surface area contributed by atoms with E-state index in [1.807, 2.05) is 24.3 Å². The molecule has 7 rings (SSSR count). The molecule has 0 aliphatic heterocycles. The summed E-state index contributed by atoms with van der Waals surface area (Å²) >= 11 is 6.23. The molecule has 0 amide bonds.